The van der Waals surface area contributed by atoms with Gasteiger partial charge in [-0.2, -0.15) is 0 Å². The summed E-state index contributed by atoms with van der Waals surface area (Å²) in [7, 11) is 0. The van der Waals surface area contributed by atoms with E-state index in [9.17, 15) is 14.7 Å². The third kappa shape index (κ3) is 2.36. The lowest BCUT2D eigenvalue weighted by atomic mass is 9.76. The summed E-state index contributed by atoms with van der Waals surface area (Å²) in [6, 6.07) is 0. The molecule has 18 heavy (non-hydrogen) atoms. The molecule has 0 aliphatic carbocycles. The highest BCUT2D eigenvalue weighted by Crippen LogP contribution is 2.35. The number of carboxylic acid groups (broad SMARTS) is 1. The van der Waals surface area contributed by atoms with Crippen LogP contribution in [-0.2, 0) is 9.59 Å². The minimum Gasteiger partial charge on any atom is -0.481 e. The lowest BCUT2D eigenvalue weighted by Crippen LogP contribution is -2.48. The molecule has 1 atom stereocenters. The number of nitrogens with zero attached hydrogens (tertiary/aromatic N) is 1. The summed E-state index contributed by atoms with van der Waals surface area (Å²) in [6.45, 7) is 4.79. The van der Waals surface area contributed by atoms with Crippen LogP contribution in [0.3, 0.4) is 0 Å². The molecule has 1 unspecified atom stereocenters. The fourth-order valence-electron chi connectivity index (χ4n) is 3.00. The molecule has 2 aliphatic rings. The Morgan fingerprint density at radius 1 is 1.39 bits per heavy atom. The van der Waals surface area contributed by atoms with Gasteiger partial charge in [-0.15, -0.1) is 0 Å². The van der Waals surface area contributed by atoms with Crippen LogP contribution in [0.4, 0.5) is 0 Å². The number of carboxylic acids is 1. The maximum absolute atomic E-state index is 12.2. The van der Waals surface area contributed by atoms with Crippen molar-refractivity contribution < 1.29 is 14.7 Å². The second-order valence-corrected chi connectivity index (χ2v) is 5.45. The van der Waals surface area contributed by atoms with Crippen molar-refractivity contribution in [2.75, 3.05) is 26.2 Å². The fourth-order valence-corrected chi connectivity index (χ4v) is 3.00. The Balaban J connectivity index is 1.93. The standard InChI is InChI=1S/C13H22N2O3/c1-2-13(12(17)18)4-7-15(8-5-13)11(16)10-3-6-14-9-10/h10,14H,2-9H2,1H3,(H,17,18). The molecule has 2 fully saturated rings. The molecular formula is C13H22N2O3. The zero-order valence-corrected chi connectivity index (χ0v) is 10.9. The van der Waals surface area contributed by atoms with E-state index < -0.39 is 11.4 Å². The van der Waals surface area contributed by atoms with Gasteiger partial charge in [0.05, 0.1) is 11.3 Å². The predicted octanol–water partition coefficient (Wildman–Crippen LogP) is 0.699. The Labute approximate surface area is 108 Å². The summed E-state index contributed by atoms with van der Waals surface area (Å²) < 4.78 is 0. The Morgan fingerprint density at radius 3 is 2.50 bits per heavy atom. The summed E-state index contributed by atoms with van der Waals surface area (Å²) >= 11 is 0. The highest BCUT2D eigenvalue weighted by atomic mass is 16.4. The number of carbonyl (C=O) groups is 2. The van der Waals surface area contributed by atoms with E-state index in [1.165, 1.54) is 0 Å². The zero-order chi connectivity index (χ0) is 13.2. The Hall–Kier alpha value is -1.10. The van der Waals surface area contributed by atoms with Crippen LogP contribution in [0.15, 0.2) is 0 Å². The average molecular weight is 254 g/mol. The lowest BCUT2D eigenvalue weighted by Gasteiger charge is -2.39. The topological polar surface area (TPSA) is 69.6 Å². The summed E-state index contributed by atoms with van der Waals surface area (Å²) in [5, 5.41) is 12.5. The molecule has 1 amide bonds. The number of rotatable bonds is 3. The first-order valence-corrected chi connectivity index (χ1v) is 6.82. The maximum atomic E-state index is 12.2. The second-order valence-electron chi connectivity index (χ2n) is 5.45. The molecular weight excluding hydrogens is 232 g/mol. The van der Waals surface area contributed by atoms with Gasteiger partial charge in [0.15, 0.2) is 0 Å². The Morgan fingerprint density at radius 2 is 2.06 bits per heavy atom. The van der Waals surface area contributed by atoms with Gasteiger partial charge in [0, 0.05) is 19.6 Å². The van der Waals surface area contributed by atoms with Crippen LogP contribution in [0.1, 0.15) is 32.6 Å². The van der Waals surface area contributed by atoms with Gasteiger partial charge in [0.1, 0.15) is 0 Å². The summed E-state index contributed by atoms with van der Waals surface area (Å²) in [5.41, 5.74) is -0.606. The number of amides is 1. The van der Waals surface area contributed by atoms with Gasteiger partial charge in [-0.25, -0.2) is 0 Å². The predicted molar refractivity (Wildman–Crippen MR) is 67.2 cm³/mol. The SMILES string of the molecule is CCC1(C(=O)O)CCN(C(=O)C2CCNC2)CC1. The Kier molecular flexibility index (Phi) is 3.90. The van der Waals surface area contributed by atoms with Gasteiger partial charge in [-0.05, 0) is 32.2 Å². The largest absolute Gasteiger partial charge is 0.481 e. The zero-order valence-electron chi connectivity index (χ0n) is 10.9. The van der Waals surface area contributed by atoms with Crippen LogP contribution in [0.2, 0.25) is 0 Å². The van der Waals surface area contributed by atoms with Crippen molar-refractivity contribution in [3.8, 4) is 0 Å². The monoisotopic (exact) mass is 254 g/mol. The van der Waals surface area contributed by atoms with E-state index in [1.807, 2.05) is 11.8 Å². The molecule has 0 aromatic rings. The number of carbonyl (C=O) groups excluding carboxylic acids is 1. The molecule has 0 spiro atoms. The van der Waals surface area contributed by atoms with Crippen molar-refractivity contribution in [1.29, 1.82) is 0 Å². The normalized spacial score (nSPS) is 27.2. The maximum Gasteiger partial charge on any atom is 0.309 e. The van der Waals surface area contributed by atoms with Gasteiger partial charge in [-0.3, -0.25) is 9.59 Å². The molecule has 0 aromatic heterocycles. The molecule has 0 aromatic carbocycles. The van der Waals surface area contributed by atoms with E-state index in [2.05, 4.69) is 5.32 Å². The first kappa shape index (κ1) is 13.3. The van der Waals surface area contributed by atoms with Crippen LogP contribution in [0, 0.1) is 11.3 Å². The number of aliphatic carboxylic acids is 1. The lowest BCUT2D eigenvalue weighted by molar-refractivity contribution is -0.155. The quantitative estimate of drug-likeness (QED) is 0.778. The molecule has 2 N–H and O–H groups in total. The molecule has 2 rings (SSSR count). The molecule has 0 radical (unpaired) electrons. The first-order valence-electron chi connectivity index (χ1n) is 6.82. The minimum atomic E-state index is -0.709. The third-order valence-electron chi connectivity index (χ3n) is 4.57. The number of likely N-dealkylation sites (tertiary alicyclic amines) is 1. The summed E-state index contributed by atoms with van der Waals surface area (Å²) in [5.74, 6) is -0.404. The van der Waals surface area contributed by atoms with E-state index in [-0.39, 0.29) is 11.8 Å². The smallest absolute Gasteiger partial charge is 0.309 e. The minimum absolute atomic E-state index is 0.101. The van der Waals surface area contributed by atoms with Crippen LogP contribution >= 0.6 is 0 Å². The highest BCUT2D eigenvalue weighted by Gasteiger charge is 2.41. The number of nitrogens with one attached hydrogen (secondary N) is 1. The van der Waals surface area contributed by atoms with E-state index in [0.29, 0.717) is 32.4 Å². The van der Waals surface area contributed by atoms with E-state index >= 15 is 0 Å². The summed E-state index contributed by atoms with van der Waals surface area (Å²) in [4.78, 5) is 25.4. The molecule has 2 heterocycles. The number of hydrogen-bond donors (Lipinski definition) is 2. The van der Waals surface area contributed by atoms with Crippen molar-refractivity contribution in [3.63, 3.8) is 0 Å². The second kappa shape index (κ2) is 5.26. The first-order chi connectivity index (χ1) is 8.59. The highest BCUT2D eigenvalue weighted by molar-refractivity contribution is 5.80. The van der Waals surface area contributed by atoms with Crippen LogP contribution in [0.25, 0.3) is 0 Å². The molecule has 0 bridgehead atoms. The number of piperidine rings is 1. The van der Waals surface area contributed by atoms with E-state index in [0.717, 1.165) is 19.5 Å². The molecule has 5 nitrogen and oxygen atoms in total. The van der Waals surface area contributed by atoms with E-state index in [4.69, 9.17) is 0 Å². The summed E-state index contributed by atoms with van der Waals surface area (Å²) in [6.07, 6.45) is 2.73. The van der Waals surface area contributed by atoms with E-state index in [1.54, 1.807) is 0 Å². The fraction of sp³-hybridized carbons (Fsp3) is 0.846. The van der Waals surface area contributed by atoms with Crippen LogP contribution < -0.4 is 5.32 Å². The number of hydrogen-bond acceptors (Lipinski definition) is 3. The van der Waals surface area contributed by atoms with Gasteiger partial charge >= 0.3 is 5.97 Å². The van der Waals surface area contributed by atoms with Gasteiger partial charge in [0.2, 0.25) is 5.91 Å². The van der Waals surface area contributed by atoms with Crippen molar-refractivity contribution >= 4 is 11.9 Å². The molecule has 5 heteroatoms. The van der Waals surface area contributed by atoms with Crippen LogP contribution in [0.5, 0.6) is 0 Å². The van der Waals surface area contributed by atoms with Gasteiger partial charge in [0.25, 0.3) is 0 Å². The molecule has 2 saturated heterocycles. The average Bonchev–Trinajstić information content (AvgIpc) is 2.91. The molecule has 0 saturated carbocycles. The third-order valence-corrected chi connectivity index (χ3v) is 4.57. The molecule has 102 valence electrons. The van der Waals surface area contributed by atoms with Crippen LogP contribution in [-0.4, -0.2) is 48.1 Å². The Bertz CT molecular complexity index is 329. The molecule has 2 aliphatic heterocycles. The van der Waals surface area contributed by atoms with Gasteiger partial charge < -0.3 is 15.3 Å². The van der Waals surface area contributed by atoms with Crippen molar-refractivity contribution in [2.45, 2.75) is 32.6 Å². The van der Waals surface area contributed by atoms with Crippen molar-refractivity contribution in [2.24, 2.45) is 11.3 Å². The van der Waals surface area contributed by atoms with Crippen molar-refractivity contribution in [3.05, 3.63) is 0 Å². The van der Waals surface area contributed by atoms with Crippen molar-refractivity contribution in [1.82, 2.24) is 10.2 Å². The van der Waals surface area contributed by atoms with Gasteiger partial charge in [-0.1, -0.05) is 6.92 Å².